The fourth-order valence-electron chi connectivity index (χ4n) is 3.21. The Balaban J connectivity index is 0.00000225. The van der Waals surface area contributed by atoms with Crippen LogP contribution in [0, 0.1) is 0 Å². The van der Waals surface area contributed by atoms with Gasteiger partial charge in [-0.3, -0.25) is 4.79 Å². The predicted octanol–water partition coefficient (Wildman–Crippen LogP) is 0.0374. The molecule has 1 N–H and O–H groups in total. The number of carbonyl (C=O) groups is 1. The van der Waals surface area contributed by atoms with Crippen LogP contribution in [0.15, 0.2) is 46.9 Å². The Morgan fingerprint density at radius 3 is 2.44 bits per heavy atom. The van der Waals surface area contributed by atoms with Gasteiger partial charge >= 0.3 is 0 Å². The SMILES string of the molecule is C[N+]1(C)CCC(NC(=O)c2ccc(CCc3ccccc3)o2)CC1.[I-]. The summed E-state index contributed by atoms with van der Waals surface area (Å²) >= 11 is 0. The molecule has 1 aromatic heterocycles. The van der Waals surface area contributed by atoms with Crippen molar-refractivity contribution in [2.45, 2.75) is 31.7 Å². The molecule has 3 rings (SSSR count). The maximum atomic E-state index is 12.4. The van der Waals surface area contributed by atoms with Gasteiger partial charge in [-0.1, -0.05) is 30.3 Å². The fraction of sp³-hybridized carbons (Fsp3) is 0.450. The highest BCUT2D eigenvalue weighted by Crippen LogP contribution is 2.16. The van der Waals surface area contributed by atoms with E-state index in [1.54, 1.807) is 6.07 Å². The number of furan rings is 1. The lowest BCUT2D eigenvalue weighted by Crippen LogP contribution is -3.00. The van der Waals surface area contributed by atoms with Crippen molar-refractivity contribution in [3.8, 4) is 0 Å². The number of likely N-dealkylation sites (tertiary alicyclic amines) is 1. The van der Waals surface area contributed by atoms with Crippen LogP contribution < -0.4 is 29.3 Å². The summed E-state index contributed by atoms with van der Waals surface area (Å²) in [5.41, 5.74) is 1.28. The number of hydrogen-bond donors (Lipinski definition) is 1. The zero-order chi connectivity index (χ0) is 17.0. The highest BCUT2D eigenvalue weighted by Gasteiger charge is 2.27. The minimum absolute atomic E-state index is 0. The molecule has 0 atom stereocenters. The normalized spacial score (nSPS) is 16.9. The number of piperidine rings is 1. The molecule has 2 aromatic rings. The molecule has 5 heteroatoms. The summed E-state index contributed by atoms with van der Waals surface area (Å²) in [5, 5.41) is 3.12. The van der Waals surface area contributed by atoms with E-state index in [0.29, 0.717) is 5.76 Å². The Labute approximate surface area is 167 Å². The standard InChI is InChI=1S/C20H26N2O2.HI/c1-22(2)14-12-17(13-15-22)21-20(23)19-11-10-18(24-19)9-8-16-6-4-3-5-7-16;/h3-7,10-11,17H,8-9,12-15H2,1-2H3;1H. The lowest BCUT2D eigenvalue weighted by Gasteiger charge is -2.37. The van der Waals surface area contributed by atoms with Gasteiger partial charge in [0.05, 0.1) is 27.2 Å². The number of halogens is 1. The number of amides is 1. The Morgan fingerprint density at radius 1 is 1.08 bits per heavy atom. The number of nitrogens with one attached hydrogen (secondary N) is 1. The topological polar surface area (TPSA) is 42.2 Å². The van der Waals surface area contributed by atoms with Gasteiger partial charge in [-0.15, -0.1) is 0 Å². The number of hydrogen-bond acceptors (Lipinski definition) is 2. The van der Waals surface area contributed by atoms with E-state index >= 15 is 0 Å². The number of benzene rings is 1. The lowest BCUT2D eigenvalue weighted by atomic mass is 10.0. The summed E-state index contributed by atoms with van der Waals surface area (Å²) < 4.78 is 6.77. The van der Waals surface area contributed by atoms with Gasteiger partial charge in [-0.25, -0.2) is 0 Å². The Morgan fingerprint density at radius 2 is 1.76 bits per heavy atom. The van der Waals surface area contributed by atoms with Crippen molar-refractivity contribution >= 4 is 5.91 Å². The third kappa shape index (κ3) is 5.85. The summed E-state index contributed by atoms with van der Waals surface area (Å²) in [6.07, 6.45) is 3.79. The van der Waals surface area contributed by atoms with Crippen molar-refractivity contribution < 1.29 is 37.7 Å². The summed E-state index contributed by atoms with van der Waals surface area (Å²) in [6.45, 7) is 2.21. The van der Waals surface area contributed by atoms with Crippen LogP contribution in [0.1, 0.15) is 34.7 Å². The molecule has 0 saturated carbocycles. The molecule has 1 fully saturated rings. The van der Waals surface area contributed by atoms with Gasteiger partial charge in [0.15, 0.2) is 5.76 Å². The minimum atomic E-state index is -0.0850. The molecule has 4 nitrogen and oxygen atoms in total. The molecule has 25 heavy (non-hydrogen) atoms. The van der Waals surface area contributed by atoms with Crippen LogP contribution in [-0.2, 0) is 12.8 Å². The molecule has 1 aliphatic heterocycles. The first-order valence-corrected chi connectivity index (χ1v) is 8.77. The number of rotatable bonds is 5. The molecule has 1 saturated heterocycles. The molecular formula is C20H27IN2O2. The molecule has 1 aromatic carbocycles. The lowest BCUT2D eigenvalue weighted by molar-refractivity contribution is -0.895. The van der Waals surface area contributed by atoms with E-state index in [1.165, 1.54) is 5.56 Å². The van der Waals surface area contributed by atoms with Gasteiger partial charge in [0.1, 0.15) is 5.76 Å². The number of carbonyl (C=O) groups excluding carboxylic acids is 1. The zero-order valence-electron chi connectivity index (χ0n) is 15.0. The average molecular weight is 454 g/mol. The van der Waals surface area contributed by atoms with Gasteiger partial charge in [0.2, 0.25) is 0 Å². The third-order valence-electron chi connectivity index (χ3n) is 4.89. The molecule has 1 amide bonds. The van der Waals surface area contributed by atoms with E-state index in [-0.39, 0.29) is 35.9 Å². The van der Waals surface area contributed by atoms with E-state index in [9.17, 15) is 4.79 Å². The van der Waals surface area contributed by atoms with E-state index in [2.05, 4.69) is 31.5 Å². The number of quaternary nitrogens is 1. The van der Waals surface area contributed by atoms with E-state index in [1.807, 2.05) is 24.3 Å². The zero-order valence-corrected chi connectivity index (χ0v) is 17.2. The summed E-state index contributed by atoms with van der Waals surface area (Å²) in [7, 11) is 4.48. The molecule has 136 valence electrons. The van der Waals surface area contributed by atoms with Crippen molar-refractivity contribution in [3.63, 3.8) is 0 Å². The van der Waals surface area contributed by atoms with Crippen LogP contribution in [0.5, 0.6) is 0 Å². The molecule has 0 aliphatic carbocycles. The first kappa shape index (κ1) is 20.0. The van der Waals surface area contributed by atoms with Gasteiger partial charge in [-0.05, 0) is 24.1 Å². The Kier molecular flexibility index (Phi) is 7.07. The van der Waals surface area contributed by atoms with Crippen molar-refractivity contribution in [3.05, 3.63) is 59.5 Å². The second kappa shape index (κ2) is 8.85. The monoisotopic (exact) mass is 454 g/mol. The molecule has 0 radical (unpaired) electrons. The largest absolute Gasteiger partial charge is 1.00 e. The van der Waals surface area contributed by atoms with Gasteiger partial charge in [0.25, 0.3) is 5.91 Å². The average Bonchev–Trinajstić information content (AvgIpc) is 3.05. The maximum absolute atomic E-state index is 12.4. The second-order valence-electron chi connectivity index (χ2n) is 7.38. The van der Waals surface area contributed by atoms with E-state index in [4.69, 9.17) is 4.42 Å². The first-order valence-electron chi connectivity index (χ1n) is 8.77. The Hall–Kier alpha value is -1.34. The van der Waals surface area contributed by atoms with Gasteiger partial charge in [-0.2, -0.15) is 0 Å². The van der Waals surface area contributed by atoms with Crippen LogP contribution in [0.4, 0.5) is 0 Å². The van der Waals surface area contributed by atoms with Gasteiger partial charge < -0.3 is 38.2 Å². The van der Waals surface area contributed by atoms with Crippen molar-refractivity contribution in [2.75, 3.05) is 27.2 Å². The number of aryl methyl sites for hydroxylation is 2. The second-order valence-corrected chi connectivity index (χ2v) is 7.38. The van der Waals surface area contributed by atoms with E-state index in [0.717, 1.165) is 49.0 Å². The van der Waals surface area contributed by atoms with Crippen LogP contribution in [0.2, 0.25) is 0 Å². The molecule has 1 aliphatic rings. The number of nitrogens with zero attached hydrogens (tertiary/aromatic N) is 1. The quantitative estimate of drug-likeness (QED) is 0.512. The molecular weight excluding hydrogens is 427 g/mol. The fourth-order valence-corrected chi connectivity index (χ4v) is 3.21. The first-order chi connectivity index (χ1) is 11.5. The van der Waals surface area contributed by atoms with Crippen molar-refractivity contribution in [1.82, 2.24) is 5.32 Å². The highest BCUT2D eigenvalue weighted by molar-refractivity contribution is 5.91. The maximum Gasteiger partial charge on any atom is 0.287 e. The molecule has 0 bridgehead atoms. The Bertz CT molecular complexity index is 672. The van der Waals surface area contributed by atoms with Crippen LogP contribution >= 0.6 is 0 Å². The van der Waals surface area contributed by atoms with Crippen LogP contribution in [0.25, 0.3) is 0 Å². The van der Waals surface area contributed by atoms with Crippen molar-refractivity contribution in [2.24, 2.45) is 0 Å². The minimum Gasteiger partial charge on any atom is -1.00 e. The molecule has 0 unspecified atom stereocenters. The third-order valence-corrected chi connectivity index (χ3v) is 4.89. The van der Waals surface area contributed by atoms with E-state index < -0.39 is 0 Å². The summed E-state index contributed by atoms with van der Waals surface area (Å²) in [4.78, 5) is 12.4. The summed E-state index contributed by atoms with van der Waals surface area (Å²) in [6, 6.07) is 14.3. The summed E-state index contributed by atoms with van der Waals surface area (Å²) in [5.74, 6) is 1.21. The van der Waals surface area contributed by atoms with Gasteiger partial charge in [0, 0.05) is 25.3 Å². The van der Waals surface area contributed by atoms with Crippen molar-refractivity contribution in [1.29, 1.82) is 0 Å². The smallest absolute Gasteiger partial charge is 0.287 e. The molecule has 0 spiro atoms. The highest BCUT2D eigenvalue weighted by atomic mass is 127. The van der Waals surface area contributed by atoms with Crippen LogP contribution in [-0.4, -0.2) is 43.6 Å². The van der Waals surface area contributed by atoms with Crippen LogP contribution in [0.3, 0.4) is 0 Å². The molecule has 2 heterocycles. The predicted molar refractivity (Wildman–Crippen MR) is 94.9 cm³/mol.